The molecule has 1 fully saturated rings. The Morgan fingerprint density at radius 3 is 2.46 bits per heavy atom. The van der Waals surface area contributed by atoms with E-state index in [1.165, 1.54) is 5.06 Å². The minimum Gasteiger partial charge on any atom is -0.309 e. The zero-order chi connectivity index (χ0) is 17.0. The molecule has 1 amide bonds. The minimum absolute atomic E-state index is 0.0683. The highest BCUT2D eigenvalue weighted by Gasteiger charge is 2.41. The van der Waals surface area contributed by atoms with Crippen molar-refractivity contribution in [2.24, 2.45) is 0 Å². The van der Waals surface area contributed by atoms with Gasteiger partial charge in [-0.05, 0) is 12.5 Å². The average molecular weight is 341 g/mol. The van der Waals surface area contributed by atoms with Gasteiger partial charge in [-0.1, -0.05) is 72.9 Å². The van der Waals surface area contributed by atoms with Gasteiger partial charge in [-0.2, -0.15) is 0 Å². The molecule has 0 bridgehead atoms. The predicted octanol–water partition coefficient (Wildman–Crippen LogP) is 2.54. The van der Waals surface area contributed by atoms with Crippen LogP contribution in [0.15, 0.2) is 60.7 Å². The SMILES string of the molecule is C[C@@]1(NNC(=S)c2ccccc2)CC(=O)N(Cc2ccccc2)O1. The molecule has 0 spiro atoms. The third-order valence-corrected chi connectivity index (χ3v) is 4.06. The van der Waals surface area contributed by atoms with Crippen LogP contribution in [0.25, 0.3) is 0 Å². The first-order valence-electron chi connectivity index (χ1n) is 7.72. The molecule has 0 saturated carbocycles. The van der Waals surface area contributed by atoms with Gasteiger partial charge in [0.05, 0.1) is 13.0 Å². The quantitative estimate of drug-likeness (QED) is 0.647. The molecule has 2 aromatic rings. The van der Waals surface area contributed by atoms with Crippen molar-refractivity contribution >= 4 is 23.1 Å². The maximum Gasteiger partial charge on any atom is 0.250 e. The Kier molecular flexibility index (Phi) is 4.89. The standard InChI is InChI=1S/C18H19N3O2S/c1-18(20-19-17(24)15-10-6-3-7-11-15)12-16(22)21(23-18)13-14-8-4-2-5-9-14/h2-11,20H,12-13H2,1H3,(H,19,24)/t18-/m0/s1. The van der Waals surface area contributed by atoms with Gasteiger partial charge >= 0.3 is 0 Å². The van der Waals surface area contributed by atoms with Gasteiger partial charge in [-0.3, -0.25) is 4.79 Å². The number of hydroxylamine groups is 2. The van der Waals surface area contributed by atoms with E-state index < -0.39 is 5.72 Å². The van der Waals surface area contributed by atoms with E-state index in [4.69, 9.17) is 17.1 Å². The van der Waals surface area contributed by atoms with E-state index in [0.29, 0.717) is 11.5 Å². The topological polar surface area (TPSA) is 53.6 Å². The van der Waals surface area contributed by atoms with Crippen LogP contribution in [0.4, 0.5) is 0 Å². The maximum atomic E-state index is 12.2. The summed E-state index contributed by atoms with van der Waals surface area (Å²) in [5.41, 5.74) is 7.06. The van der Waals surface area contributed by atoms with Gasteiger partial charge in [-0.25, -0.2) is 15.3 Å². The van der Waals surface area contributed by atoms with Crippen LogP contribution in [-0.2, 0) is 16.2 Å². The Morgan fingerprint density at radius 2 is 1.79 bits per heavy atom. The van der Waals surface area contributed by atoms with Gasteiger partial charge in [0.15, 0.2) is 5.72 Å². The smallest absolute Gasteiger partial charge is 0.250 e. The van der Waals surface area contributed by atoms with E-state index in [1.54, 1.807) is 0 Å². The molecule has 6 heteroatoms. The molecule has 5 nitrogen and oxygen atoms in total. The third-order valence-electron chi connectivity index (χ3n) is 3.72. The fourth-order valence-electron chi connectivity index (χ4n) is 2.49. The van der Waals surface area contributed by atoms with Gasteiger partial charge in [-0.15, -0.1) is 0 Å². The number of thiocarbonyl (C=S) groups is 1. The van der Waals surface area contributed by atoms with Crippen molar-refractivity contribution in [3.8, 4) is 0 Å². The lowest BCUT2D eigenvalue weighted by Gasteiger charge is -2.26. The molecule has 0 aliphatic carbocycles. The number of rotatable bonds is 5. The number of amides is 1. The van der Waals surface area contributed by atoms with E-state index >= 15 is 0 Å². The number of nitrogens with zero attached hydrogens (tertiary/aromatic N) is 1. The maximum absolute atomic E-state index is 12.2. The first kappa shape index (κ1) is 16.6. The van der Waals surface area contributed by atoms with E-state index in [-0.39, 0.29) is 12.3 Å². The van der Waals surface area contributed by atoms with Gasteiger partial charge in [0, 0.05) is 5.56 Å². The molecule has 1 saturated heterocycles. The van der Waals surface area contributed by atoms with Gasteiger partial charge in [0.25, 0.3) is 5.91 Å². The number of carbonyl (C=O) groups is 1. The van der Waals surface area contributed by atoms with Crippen LogP contribution < -0.4 is 10.9 Å². The Hall–Kier alpha value is -2.28. The average Bonchev–Trinajstić information content (AvgIpc) is 2.89. The summed E-state index contributed by atoms with van der Waals surface area (Å²) < 4.78 is 0. The van der Waals surface area contributed by atoms with Crippen LogP contribution in [0.2, 0.25) is 0 Å². The normalized spacial score (nSPS) is 20.2. The molecular weight excluding hydrogens is 322 g/mol. The van der Waals surface area contributed by atoms with Crippen molar-refractivity contribution in [3.05, 3.63) is 71.8 Å². The summed E-state index contributed by atoms with van der Waals surface area (Å²) in [6, 6.07) is 19.3. The van der Waals surface area contributed by atoms with E-state index in [0.717, 1.165) is 11.1 Å². The highest BCUT2D eigenvalue weighted by atomic mass is 32.1. The van der Waals surface area contributed by atoms with Crippen molar-refractivity contribution in [2.75, 3.05) is 0 Å². The van der Waals surface area contributed by atoms with Crippen molar-refractivity contribution in [2.45, 2.75) is 25.6 Å². The number of carbonyl (C=O) groups excluding carboxylic acids is 1. The van der Waals surface area contributed by atoms with Crippen LogP contribution in [0.5, 0.6) is 0 Å². The van der Waals surface area contributed by atoms with Crippen molar-refractivity contribution < 1.29 is 9.63 Å². The predicted molar refractivity (Wildman–Crippen MR) is 95.5 cm³/mol. The molecule has 2 N–H and O–H groups in total. The molecule has 1 heterocycles. The van der Waals surface area contributed by atoms with Gasteiger partial charge < -0.3 is 5.43 Å². The number of hydrogen-bond donors (Lipinski definition) is 2. The fourth-order valence-corrected chi connectivity index (χ4v) is 2.68. The van der Waals surface area contributed by atoms with Gasteiger partial charge in [0.2, 0.25) is 0 Å². The summed E-state index contributed by atoms with van der Waals surface area (Å²) in [5.74, 6) is -0.0683. The van der Waals surface area contributed by atoms with E-state index in [9.17, 15) is 4.79 Å². The number of benzene rings is 2. The first-order valence-corrected chi connectivity index (χ1v) is 8.13. The molecule has 24 heavy (non-hydrogen) atoms. The van der Waals surface area contributed by atoms with E-state index in [2.05, 4.69) is 10.9 Å². The monoisotopic (exact) mass is 341 g/mol. The molecule has 0 radical (unpaired) electrons. The molecule has 3 rings (SSSR count). The molecule has 124 valence electrons. The summed E-state index contributed by atoms with van der Waals surface area (Å²) in [6.45, 7) is 2.23. The van der Waals surface area contributed by atoms with Crippen LogP contribution in [0, 0.1) is 0 Å². The summed E-state index contributed by atoms with van der Waals surface area (Å²) in [6.07, 6.45) is 0.226. The van der Waals surface area contributed by atoms with Crippen molar-refractivity contribution in [1.29, 1.82) is 0 Å². The highest BCUT2D eigenvalue weighted by molar-refractivity contribution is 7.80. The lowest BCUT2D eigenvalue weighted by Crippen LogP contribution is -2.52. The molecule has 1 aliphatic heterocycles. The number of hydrogen-bond acceptors (Lipinski definition) is 4. The van der Waals surface area contributed by atoms with Crippen LogP contribution >= 0.6 is 12.2 Å². The molecule has 1 atom stereocenters. The lowest BCUT2D eigenvalue weighted by molar-refractivity contribution is -0.209. The molecule has 1 aliphatic rings. The molecule has 0 unspecified atom stereocenters. The molecular formula is C18H19N3O2S. The zero-order valence-corrected chi connectivity index (χ0v) is 14.2. The number of nitrogens with one attached hydrogen (secondary N) is 2. The first-order chi connectivity index (χ1) is 11.6. The molecule has 2 aromatic carbocycles. The zero-order valence-electron chi connectivity index (χ0n) is 13.4. The van der Waals surface area contributed by atoms with Gasteiger partial charge in [0.1, 0.15) is 4.99 Å². The van der Waals surface area contributed by atoms with Crippen LogP contribution in [-0.4, -0.2) is 21.7 Å². The summed E-state index contributed by atoms with van der Waals surface area (Å²) >= 11 is 5.34. The van der Waals surface area contributed by atoms with Crippen molar-refractivity contribution in [1.82, 2.24) is 15.9 Å². The Bertz CT molecular complexity index is 724. The molecule has 0 aromatic heterocycles. The second-order valence-electron chi connectivity index (χ2n) is 5.86. The fraction of sp³-hybridized carbons (Fsp3) is 0.222. The Labute approximate surface area is 146 Å². The van der Waals surface area contributed by atoms with Crippen LogP contribution in [0.1, 0.15) is 24.5 Å². The number of hydrazine groups is 1. The van der Waals surface area contributed by atoms with E-state index in [1.807, 2.05) is 67.6 Å². The minimum atomic E-state index is -0.843. The third kappa shape index (κ3) is 3.97. The highest BCUT2D eigenvalue weighted by Crippen LogP contribution is 2.25. The summed E-state index contributed by atoms with van der Waals surface area (Å²) in [7, 11) is 0. The Morgan fingerprint density at radius 1 is 1.17 bits per heavy atom. The van der Waals surface area contributed by atoms with Crippen LogP contribution in [0.3, 0.4) is 0 Å². The lowest BCUT2D eigenvalue weighted by atomic mass is 10.2. The second-order valence-corrected chi connectivity index (χ2v) is 6.27. The largest absolute Gasteiger partial charge is 0.309 e. The second kappa shape index (κ2) is 7.09. The summed E-state index contributed by atoms with van der Waals surface area (Å²) in [5, 5.41) is 1.38. The van der Waals surface area contributed by atoms with Crippen molar-refractivity contribution in [3.63, 3.8) is 0 Å². The summed E-state index contributed by atoms with van der Waals surface area (Å²) in [4.78, 5) is 18.6. The Balaban J connectivity index is 1.58.